The van der Waals surface area contributed by atoms with Gasteiger partial charge in [0.1, 0.15) is 11.8 Å². The molecule has 164 valence electrons. The summed E-state index contributed by atoms with van der Waals surface area (Å²) in [5, 5.41) is 7.53. The van der Waals surface area contributed by atoms with Crippen molar-refractivity contribution < 1.29 is 13.2 Å². The number of benzene rings is 1. The minimum absolute atomic E-state index is 0.363. The van der Waals surface area contributed by atoms with Crippen LogP contribution in [0.5, 0.6) is 0 Å². The highest BCUT2D eigenvalue weighted by Crippen LogP contribution is 2.32. The Balaban J connectivity index is 1.55. The van der Waals surface area contributed by atoms with Crippen LogP contribution in [-0.4, -0.2) is 45.7 Å². The molecule has 0 spiro atoms. The minimum atomic E-state index is -4.37. The minimum Gasteiger partial charge on any atom is -0.372 e. The highest BCUT2D eigenvalue weighted by Gasteiger charge is 2.30. The highest BCUT2D eigenvalue weighted by atomic mass is 19.4. The van der Waals surface area contributed by atoms with E-state index in [2.05, 4.69) is 31.8 Å². The van der Waals surface area contributed by atoms with Gasteiger partial charge in [0, 0.05) is 31.9 Å². The predicted octanol–water partition coefficient (Wildman–Crippen LogP) is 4.58. The second kappa shape index (κ2) is 8.13. The van der Waals surface area contributed by atoms with Gasteiger partial charge in [-0.05, 0) is 37.6 Å². The third-order valence-corrected chi connectivity index (χ3v) is 5.64. The zero-order valence-electron chi connectivity index (χ0n) is 17.5. The summed E-state index contributed by atoms with van der Waals surface area (Å²) >= 11 is 0. The lowest BCUT2D eigenvalue weighted by Crippen LogP contribution is -2.45. The summed E-state index contributed by atoms with van der Waals surface area (Å²) in [6, 6.07) is 6.99. The highest BCUT2D eigenvalue weighted by molar-refractivity contribution is 5.73. The predicted molar refractivity (Wildman–Crippen MR) is 115 cm³/mol. The largest absolute Gasteiger partial charge is 0.416 e. The Morgan fingerprint density at radius 3 is 2.58 bits per heavy atom. The second-order valence-electron chi connectivity index (χ2n) is 7.84. The number of nitrogens with one attached hydrogen (secondary N) is 1. The van der Waals surface area contributed by atoms with Crippen molar-refractivity contribution in [2.45, 2.75) is 26.1 Å². The average molecular weight is 430 g/mol. The van der Waals surface area contributed by atoms with Gasteiger partial charge in [-0.15, -0.1) is 0 Å². The van der Waals surface area contributed by atoms with E-state index >= 15 is 0 Å². The van der Waals surface area contributed by atoms with Gasteiger partial charge in [-0.3, -0.25) is 0 Å². The van der Waals surface area contributed by atoms with Crippen molar-refractivity contribution in [1.82, 2.24) is 19.5 Å². The van der Waals surface area contributed by atoms with Crippen LogP contribution in [0.25, 0.3) is 5.52 Å². The molecule has 31 heavy (non-hydrogen) atoms. The summed E-state index contributed by atoms with van der Waals surface area (Å²) in [7, 11) is 0. The van der Waals surface area contributed by atoms with Crippen LogP contribution in [0.3, 0.4) is 0 Å². The molecule has 1 aliphatic heterocycles. The van der Waals surface area contributed by atoms with E-state index in [1.807, 2.05) is 26.1 Å². The van der Waals surface area contributed by atoms with Crippen molar-refractivity contribution in [2.24, 2.45) is 0 Å². The van der Waals surface area contributed by atoms with Gasteiger partial charge >= 0.3 is 6.18 Å². The second-order valence-corrected chi connectivity index (χ2v) is 7.84. The van der Waals surface area contributed by atoms with E-state index in [1.54, 1.807) is 10.6 Å². The smallest absolute Gasteiger partial charge is 0.372 e. The topological polar surface area (TPSA) is 48.7 Å². The summed E-state index contributed by atoms with van der Waals surface area (Å²) in [5.41, 5.74) is 2.76. The van der Waals surface area contributed by atoms with Gasteiger partial charge in [0.15, 0.2) is 5.82 Å². The summed E-state index contributed by atoms with van der Waals surface area (Å²) < 4.78 is 40.9. The van der Waals surface area contributed by atoms with Crippen LogP contribution in [0, 0.1) is 0 Å². The number of hydrogen-bond acceptors (Lipinski definition) is 5. The van der Waals surface area contributed by atoms with Crippen LogP contribution < -0.4 is 10.2 Å². The molecular weight excluding hydrogens is 405 g/mol. The van der Waals surface area contributed by atoms with E-state index in [9.17, 15) is 13.2 Å². The number of alkyl halides is 3. The van der Waals surface area contributed by atoms with E-state index in [0.29, 0.717) is 11.4 Å². The van der Waals surface area contributed by atoms with Crippen LogP contribution in [0.2, 0.25) is 0 Å². The van der Waals surface area contributed by atoms with E-state index in [4.69, 9.17) is 0 Å². The third kappa shape index (κ3) is 4.45. The normalized spacial score (nSPS) is 15.9. The molecular formula is C22H25F3N6. The Kier molecular flexibility index (Phi) is 5.51. The van der Waals surface area contributed by atoms with Gasteiger partial charge in [0.05, 0.1) is 23.5 Å². The molecule has 1 saturated heterocycles. The quantitative estimate of drug-likeness (QED) is 0.642. The van der Waals surface area contributed by atoms with Gasteiger partial charge < -0.3 is 15.1 Å². The van der Waals surface area contributed by atoms with Gasteiger partial charge in [-0.2, -0.15) is 18.3 Å². The van der Waals surface area contributed by atoms with E-state index in [1.165, 1.54) is 18.5 Å². The Morgan fingerprint density at radius 1 is 1.16 bits per heavy atom. The van der Waals surface area contributed by atoms with E-state index in [0.717, 1.165) is 49.1 Å². The average Bonchev–Trinajstić information content (AvgIpc) is 3.19. The molecule has 0 bridgehead atoms. The first-order valence-electron chi connectivity index (χ1n) is 10.1. The van der Waals surface area contributed by atoms with Crippen LogP contribution in [0.1, 0.15) is 31.0 Å². The monoisotopic (exact) mass is 430 g/mol. The Morgan fingerprint density at radius 2 is 1.90 bits per heavy atom. The number of halogens is 3. The van der Waals surface area contributed by atoms with E-state index in [-0.39, 0.29) is 6.04 Å². The lowest BCUT2D eigenvalue weighted by molar-refractivity contribution is -0.137. The number of anilines is 2. The first-order valence-corrected chi connectivity index (χ1v) is 10.1. The van der Waals surface area contributed by atoms with Gasteiger partial charge in [-0.25, -0.2) is 9.50 Å². The Bertz CT molecular complexity index is 1080. The van der Waals surface area contributed by atoms with Gasteiger partial charge in [-0.1, -0.05) is 18.7 Å². The fourth-order valence-corrected chi connectivity index (χ4v) is 3.82. The number of aromatic nitrogens is 3. The van der Waals surface area contributed by atoms with Crippen LogP contribution >= 0.6 is 0 Å². The molecule has 1 aromatic carbocycles. The molecule has 4 rings (SSSR count). The zero-order chi connectivity index (χ0) is 22.2. The number of hydrogen-bond donors (Lipinski definition) is 1. The lowest BCUT2D eigenvalue weighted by Gasteiger charge is -2.36. The number of fused-ring (bicyclic) bond motifs is 1. The van der Waals surface area contributed by atoms with E-state index < -0.39 is 11.7 Å². The molecule has 6 nitrogen and oxygen atoms in total. The molecule has 0 radical (unpaired) electrons. The fourth-order valence-electron chi connectivity index (χ4n) is 3.82. The van der Waals surface area contributed by atoms with Crippen molar-refractivity contribution in [3.8, 4) is 0 Å². The van der Waals surface area contributed by atoms with Crippen LogP contribution in [0.4, 0.5) is 24.7 Å². The maximum absolute atomic E-state index is 13.1. The standard InChI is InChI=1S/C22H25F3N6/c1-15(2)29-7-9-30(10-8-29)19-12-20-21(26-14-27-31(20)13-19)28-16(3)17-5-4-6-18(11-17)22(23,24)25/h4-6,11-14,16H,1,7-10H2,2-3H3,(H,26,27,28)/t16-/m1/s1. The van der Waals surface area contributed by atoms with Gasteiger partial charge in [0.2, 0.25) is 0 Å². The van der Waals surface area contributed by atoms with Crippen molar-refractivity contribution in [3.05, 3.63) is 66.3 Å². The Labute approximate surface area is 179 Å². The van der Waals surface area contributed by atoms with Crippen molar-refractivity contribution in [3.63, 3.8) is 0 Å². The first-order chi connectivity index (χ1) is 14.7. The lowest BCUT2D eigenvalue weighted by atomic mass is 10.0. The molecule has 0 aliphatic carbocycles. The molecule has 0 unspecified atom stereocenters. The maximum atomic E-state index is 13.1. The molecule has 1 fully saturated rings. The summed E-state index contributed by atoms with van der Waals surface area (Å²) in [6.07, 6.45) is -0.979. The van der Waals surface area contributed by atoms with Crippen molar-refractivity contribution in [2.75, 3.05) is 36.4 Å². The third-order valence-electron chi connectivity index (χ3n) is 5.64. The van der Waals surface area contributed by atoms with Crippen LogP contribution in [-0.2, 0) is 6.18 Å². The number of allylic oxidation sites excluding steroid dienone is 1. The molecule has 3 aromatic rings. The molecule has 9 heteroatoms. The summed E-state index contributed by atoms with van der Waals surface area (Å²) in [6.45, 7) is 11.4. The summed E-state index contributed by atoms with van der Waals surface area (Å²) in [5.74, 6) is 0.576. The number of piperazine rings is 1. The molecule has 0 saturated carbocycles. The van der Waals surface area contributed by atoms with Crippen LogP contribution in [0.15, 0.2) is 55.1 Å². The molecule has 1 aliphatic rings. The molecule has 1 atom stereocenters. The van der Waals surface area contributed by atoms with Crippen molar-refractivity contribution >= 4 is 17.0 Å². The Hall–Kier alpha value is -3.23. The maximum Gasteiger partial charge on any atom is 0.416 e. The van der Waals surface area contributed by atoms with Crippen molar-refractivity contribution in [1.29, 1.82) is 0 Å². The van der Waals surface area contributed by atoms with Gasteiger partial charge in [0.25, 0.3) is 0 Å². The summed E-state index contributed by atoms with van der Waals surface area (Å²) in [4.78, 5) is 8.88. The SMILES string of the molecule is C=C(C)N1CCN(c2cc3c(N[C@H](C)c4cccc(C(F)(F)F)c4)ncnn3c2)CC1. The number of rotatable bonds is 5. The zero-order valence-corrected chi connectivity index (χ0v) is 17.5. The molecule has 3 heterocycles. The molecule has 0 amide bonds. The number of nitrogens with zero attached hydrogens (tertiary/aromatic N) is 5. The first kappa shape index (κ1) is 21.0. The fraction of sp³-hybridized carbons (Fsp3) is 0.364. The molecule has 2 aromatic heterocycles. The molecule has 1 N–H and O–H groups in total.